The summed E-state index contributed by atoms with van der Waals surface area (Å²) in [5, 5.41) is 12.1. The molecule has 40 heavy (non-hydrogen) atoms. The Labute approximate surface area is 234 Å². The van der Waals surface area contributed by atoms with E-state index in [1.165, 1.54) is 16.3 Å². The number of carboxylic acid groups (broad SMARTS) is 1. The van der Waals surface area contributed by atoms with Crippen LogP contribution in [0.3, 0.4) is 0 Å². The molecular weight excluding hydrogens is 512 g/mol. The summed E-state index contributed by atoms with van der Waals surface area (Å²) >= 11 is 0. The Morgan fingerprint density at radius 3 is 2.23 bits per heavy atom. The zero-order valence-corrected chi connectivity index (χ0v) is 23.1. The third-order valence-corrected chi connectivity index (χ3v) is 5.73. The van der Waals surface area contributed by atoms with E-state index < -0.39 is 42.3 Å². The molecule has 0 amide bonds. The molecule has 0 aliphatic carbocycles. The second-order valence-electron chi connectivity index (χ2n) is 10.2. The number of aryl methyl sites for hydroxylation is 1. The molecule has 2 atom stereocenters. The van der Waals surface area contributed by atoms with Crippen LogP contribution < -0.4 is 0 Å². The topological polar surface area (TPSA) is 108 Å². The second-order valence-corrected chi connectivity index (χ2v) is 10.2. The molecular formula is C32H36O8. The number of carbonyl (C=O) groups excluding carboxylic acids is 2. The van der Waals surface area contributed by atoms with Crippen LogP contribution in [-0.2, 0) is 46.4 Å². The minimum Gasteiger partial charge on any atom is -0.479 e. The van der Waals surface area contributed by atoms with Crippen molar-refractivity contribution in [3.8, 4) is 0 Å². The SMILES string of the molecule is CC(C)(C)OC(=O)CO[C@@H](C(=O)O)[C@@H](OCC=CCCc1ccc2ccccc2c1)C(=O)OCc1ccccc1. The smallest absolute Gasteiger partial charge is 0.339 e. The number of hydrogen-bond donors (Lipinski definition) is 1. The number of rotatable bonds is 14. The molecule has 212 valence electrons. The van der Waals surface area contributed by atoms with E-state index in [0.717, 1.165) is 18.4 Å². The molecule has 0 spiro atoms. The predicted molar refractivity (Wildman–Crippen MR) is 151 cm³/mol. The van der Waals surface area contributed by atoms with Gasteiger partial charge in [-0.25, -0.2) is 14.4 Å². The van der Waals surface area contributed by atoms with Gasteiger partial charge in [-0.1, -0.05) is 84.9 Å². The van der Waals surface area contributed by atoms with E-state index in [0.29, 0.717) is 0 Å². The maximum absolute atomic E-state index is 12.9. The lowest BCUT2D eigenvalue weighted by Gasteiger charge is -2.24. The summed E-state index contributed by atoms with van der Waals surface area (Å²) < 4.78 is 21.4. The van der Waals surface area contributed by atoms with Crippen LogP contribution in [0.25, 0.3) is 10.8 Å². The summed E-state index contributed by atoms with van der Waals surface area (Å²) in [5.41, 5.74) is 1.14. The Bertz CT molecular complexity index is 1290. The number of esters is 2. The average molecular weight is 549 g/mol. The lowest BCUT2D eigenvalue weighted by Crippen LogP contribution is -2.45. The van der Waals surface area contributed by atoms with E-state index in [2.05, 4.69) is 30.3 Å². The monoisotopic (exact) mass is 548 g/mol. The molecule has 3 aromatic rings. The Kier molecular flexibility index (Phi) is 11.4. The van der Waals surface area contributed by atoms with Crippen molar-refractivity contribution in [3.63, 3.8) is 0 Å². The van der Waals surface area contributed by atoms with Crippen molar-refractivity contribution in [2.45, 2.75) is 58.0 Å². The van der Waals surface area contributed by atoms with Crippen LogP contribution in [0.4, 0.5) is 0 Å². The quantitative estimate of drug-likeness (QED) is 0.214. The fraction of sp³-hybridized carbons (Fsp3) is 0.344. The number of allylic oxidation sites excluding steroid dienone is 1. The van der Waals surface area contributed by atoms with Crippen LogP contribution in [0.15, 0.2) is 84.9 Å². The molecule has 3 rings (SSSR count). The number of ether oxygens (including phenoxy) is 4. The zero-order valence-electron chi connectivity index (χ0n) is 23.1. The largest absolute Gasteiger partial charge is 0.479 e. The lowest BCUT2D eigenvalue weighted by atomic mass is 10.0. The highest BCUT2D eigenvalue weighted by atomic mass is 16.6. The summed E-state index contributed by atoms with van der Waals surface area (Å²) in [6.45, 7) is 4.25. The first-order valence-electron chi connectivity index (χ1n) is 13.1. The van der Waals surface area contributed by atoms with Crippen LogP contribution in [0.2, 0.25) is 0 Å². The standard InChI is InChI=1S/C32H36O8/c1-32(2,3)40-27(33)22-38-28(30(34)35)29(31(36)39-21-24-13-6-4-7-14-24)37-19-11-5-8-12-23-17-18-25-15-9-10-16-26(25)20-23/h4-7,9-11,13-18,20,28-29H,8,12,19,21-22H2,1-3H3,(H,34,35)/t28-,29-/m1/s1. The summed E-state index contributed by atoms with van der Waals surface area (Å²) in [4.78, 5) is 37.0. The molecule has 0 aliphatic heterocycles. The minimum absolute atomic E-state index is 0.0532. The Morgan fingerprint density at radius 1 is 0.825 bits per heavy atom. The first kappa shape index (κ1) is 30.5. The highest BCUT2D eigenvalue weighted by Gasteiger charge is 2.38. The van der Waals surface area contributed by atoms with Crippen molar-refractivity contribution in [1.29, 1.82) is 0 Å². The van der Waals surface area contributed by atoms with Crippen molar-refractivity contribution in [3.05, 3.63) is 96.1 Å². The zero-order chi connectivity index (χ0) is 29.0. The van der Waals surface area contributed by atoms with Gasteiger partial charge in [-0.05, 0) is 55.5 Å². The van der Waals surface area contributed by atoms with Crippen molar-refractivity contribution in [2.75, 3.05) is 13.2 Å². The van der Waals surface area contributed by atoms with E-state index in [-0.39, 0.29) is 13.2 Å². The Hall–Kier alpha value is -4.01. The number of aliphatic carboxylic acids is 1. The van der Waals surface area contributed by atoms with Crippen molar-refractivity contribution in [1.82, 2.24) is 0 Å². The van der Waals surface area contributed by atoms with Gasteiger partial charge in [0.05, 0.1) is 6.61 Å². The fourth-order valence-corrected chi connectivity index (χ4v) is 3.90. The van der Waals surface area contributed by atoms with Crippen LogP contribution in [0.1, 0.15) is 38.3 Å². The molecule has 0 unspecified atom stereocenters. The molecule has 1 N–H and O–H groups in total. The molecule has 8 heteroatoms. The van der Waals surface area contributed by atoms with Crippen LogP contribution >= 0.6 is 0 Å². The van der Waals surface area contributed by atoms with E-state index in [1.54, 1.807) is 51.1 Å². The van der Waals surface area contributed by atoms with Gasteiger partial charge in [-0.15, -0.1) is 0 Å². The normalized spacial score (nSPS) is 13.2. The van der Waals surface area contributed by atoms with Gasteiger partial charge in [0.15, 0.2) is 12.2 Å². The van der Waals surface area contributed by atoms with E-state index in [4.69, 9.17) is 18.9 Å². The number of fused-ring (bicyclic) bond motifs is 1. The highest BCUT2D eigenvalue weighted by molar-refractivity contribution is 5.85. The van der Waals surface area contributed by atoms with Gasteiger partial charge in [0.25, 0.3) is 0 Å². The summed E-state index contributed by atoms with van der Waals surface area (Å²) in [5.74, 6) is -3.14. The Balaban J connectivity index is 1.60. The first-order chi connectivity index (χ1) is 19.1. The molecule has 0 saturated carbocycles. The molecule has 0 fully saturated rings. The maximum atomic E-state index is 12.9. The predicted octanol–water partition coefficient (Wildman–Crippen LogP) is 5.27. The van der Waals surface area contributed by atoms with E-state index in [1.807, 2.05) is 24.3 Å². The van der Waals surface area contributed by atoms with Crippen molar-refractivity contribution >= 4 is 28.7 Å². The van der Waals surface area contributed by atoms with Crippen LogP contribution in [0.5, 0.6) is 0 Å². The molecule has 3 aromatic carbocycles. The van der Waals surface area contributed by atoms with Gasteiger partial charge >= 0.3 is 17.9 Å². The van der Waals surface area contributed by atoms with E-state index in [9.17, 15) is 19.5 Å². The van der Waals surface area contributed by atoms with Gasteiger partial charge < -0.3 is 24.1 Å². The summed E-state index contributed by atoms with van der Waals surface area (Å²) in [6, 6.07) is 23.4. The van der Waals surface area contributed by atoms with E-state index >= 15 is 0 Å². The highest BCUT2D eigenvalue weighted by Crippen LogP contribution is 2.17. The molecule has 0 aliphatic rings. The molecule has 0 radical (unpaired) electrons. The Morgan fingerprint density at radius 2 is 1.52 bits per heavy atom. The van der Waals surface area contributed by atoms with Gasteiger partial charge in [-0.3, -0.25) is 0 Å². The fourth-order valence-electron chi connectivity index (χ4n) is 3.90. The van der Waals surface area contributed by atoms with Crippen LogP contribution in [0, 0.1) is 0 Å². The number of carbonyl (C=O) groups is 3. The molecule has 0 bridgehead atoms. The molecule has 0 aromatic heterocycles. The third-order valence-electron chi connectivity index (χ3n) is 5.73. The van der Waals surface area contributed by atoms with Crippen LogP contribution in [-0.4, -0.2) is 54.0 Å². The number of benzene rings is 3. The van der Waals surface area contributed by atoms with Gasteiger partial charge in [0, 0.05) is 0 Å². The summed E-state index contributed by atoms with van der Waals surface area (Å²) in [7, 11) is 0. The molecule has 0 heterocycles. The lowest BCUT2D eigenvalue weighted by molar-refractivity contribution is -0.185. The number of carboxylic acids is 1. The summed E-state index contributed by atoms with van der Waals surface area (Å²) in [6.07, 6.45) is 1.77. The average Bonchev–Trinajstić information content (AvgIpc) is 2.91. The van der Waals surface area contributed by atoms with Crippen molar-refractivity contribution < 1.29 is 38.4 Å². The van der Waals surface area contributed by atoms with Gasteiger partial charge in [-0.2, -0.15) is 0 Å². The second kappa shape index (κ2) is 15.0. The van der Waals surface area contributed by atoms with Crippen molar-refractivity contribution in [2.24, 2.45) is 0 Å². The van der Waals surface area contributed by atoms with Gasteiger partial charge in [0.1, 0.15) is 18.8 Å². The first-order valence-corrected chi connectivity index (χ1v) is 13.1. The molecule has 0 saturated heterocycles. The van der Waals surface area contributed by atoms with Gasteiger partial charge in [0.2, 0.25) is 0 Å². The maximum Gasteiger partial charge on any atom is 0.339 e. The number of hydrogen-bond acceptors (Lipinski definition) is 7. The minimum atomic E-state index is -1.78. The third kappa shape index (κ3) is 10.3. The molecule has 8 nitrogen and oxygen atoms in total.